The summed E-state index contributed by atoms with van der Waals surface area (Å²) in [6, 6.07) is 8.91. The molecule has 0 amide bonds. The van der Waals surface area contributed by atoms with E-state index in [1.54, 1.807) is 0 Å². The van der Waals surface area contributed by atoms with E-state index in [-0.39, 0.29) is 6.04 Å². The molecule has 0 spiro atoms. The van der Waals surface area contributed by atoms with Crippen LogP contribution in [0.1, 0.15) is 58.1 Å². The first-order valence-corrected chi connectivity index (χ1v) is 11.7. The van der Waals surface area contributed by atoms with E-state index in [0.29, 0.717) is 17.1 Å². The van der Waals surface area contributed by atoms with Crippen molar-refractivity contribution in [3.05, 3.63) is 41.2 Å². The van der Waals surface area contributed by atoms with Crippen LogP contribution in [0.25, 0.3) is 11.2 Å². The molecule has 1 saturated carbocycles. The van der Waals surface area contributed by atoms with E-state index in [1.807, 2.05) is 30.6 Å². The van der Waals surface area contributed by atoms with E-state index < -0.39 is 0 Å². The number of hydrogen-bond donors (Lipinski definition) is 3. The van der Waals surface area contributed by atoms with E-state index in [1.165, 1.54) is 19.3 Å². The molecule has 1 aliphatic carbocycles. The predicted molar refractivity (Wildman–Crippen MR) is 131 cm³/mol. The van der Waals surface area contributed by atoms with Crippen molar-refractivity contribution in [1.82, 2.24) is 19.9 Å². The fraction of sp³-hybridized carbons (Fsp3) is 0.500. The second-order valence-corrected chi connectivity index (χ2v) is 9.09. The van der Waals surface area contributed by atoms with Crippen LogP contribution >= 0.6 is 11.6 Å². The molecule has 1 fully saturated rings. The van der Waals surface area contributed by atoms with Crippen molar-refractivity contribution in [2.24, 2.45) is 0 Å². The van der Waals surface area contributed by atoms with Gasteiger partial charge in [-0.25, -0.2) is 9.97 Å². The van der Waals surface area contributed by atoms with Crippen LogP contribution in [0.4, 0.5) is 17.2 Å². The quantitative estimate of drug-likeness (QED) is 0.426. The van der Waals surface area contributed by atoms with Gasteiger partial charge in [0.15, 0.2) is 5.65 Å². The van der Waals surface area contributed by atoms with Crippen LogP contribution in [0.3, 0.4) is 0 Å². The second-order valence-electron chi connectivity index (χ2n) is 8.65. The molecule has 0 bridgehead atoms. The maximum Gasteiger partial charge on any atom is 0.164 e. The highest BCUT2D eigenvalue weighted by Crippen LogP contribution is 2.36. The van der Waals surface area contributed by atoms with Crippen LogP contribution in [-0.2, 0) is 6.42 Å². The van der Waals surface area contributed by atoms with Crippen LogP contribution in [0, 0.1) is 0 Å². The number of anilines is 3. The van der Waals surface area contributed by atoms with Gasteiger partial charge in [0.05, 0.1) is 12.0 Å². The van der Waals surface area contributed by atoms with Crippen molar-refractivity contribution in [3.8, 4) is 0 Å². The van der Waals surface area contributed by atoms with Crippen molar-refractivity contribution in [1.29, 1.82) is 0 Å². The second kappa shape index (κ2) is 9.45. The van der Waals surface area contributed by atoms with Gasteiger partial charge in [-0.3, -0.25) is 0 Å². The third-order valence-electron chi connectivity index (χ3n) is 6.27. The Balaban J connectivity index is 1.83. The number of nitrogens with one attached hydrogen (secondary N) is 3. The molecule has 31 heavy (non-hydrogen) atoms. The third-order valence-corrected chi connectivity index (χ3v) is 6.51. The highest BCUT2D eigenvalue weighted by Gasteiger charge is 2.26. The average molecular weight is 441 g/mol. The van der Waals surface area contributed by atoms with Crippen LogP contribution in [0.5, 0.6) is 0 Å². The van der Waals surface area contributed by atoms with Gasteiger partial charge in [0, 0.05) is 34.4 Å². The molecule has 1 aromatic carbocycles. The molecule has 4 rings (SSSR count). The Hall–Kier alpha value is -2.31. The molecular weight excluding hydrogens is 408 g/mol. The lowest BCUT2D eigenvalue weighted by molar-refractivity contribution is 0.361. The number of likely N-dealkylation sites (N-methyl/N-ethyl adjacent to an activating group) is 1. The summed E-state index contributed by atoms with van der Waals surface area (Å²) in [4.78, 5) is 9.86. The fourth-order valence-corrected chi connectivity index (χ4v) is 4.78. The average Bonchev–Trinajstić information content (AvgIpc) is 3.18. The smallest absolute Gasteiger partial charge is 0.164 e. The SMILES string of the molecule is CCc1c(N[C@@H]2CCCC[C@@H]2NC)nc2c(ncn2C(C)C)c1Nc1cccc(Cl)c1. The van der Waals surface area contributed by atoms with E-state index >= 15 is 0 Å². The Morgan fingerprint density at radius 2 is 1.97 bits per heavy atom. The molecule has 3 aromatic rings. The number of pyridine rings is 1. The Morgan fingerprint density at radius 3 is 2.65 bits per heavy atom. The van der Waals surface area contributed by atoms with Gasteiger partial charge in [-0.15, -0.1) is 0 Å². The van der Waals surface area contributed by atoms with Gasteiger partial charge in [-0.2, -0.15) is 0 Å². The summed E-state index contributed by atoms with van der Waals surface area (Å²) in [5.41, 5.74) is 4.90. The molecule has 7 heteroatoms. The predicted octanol–water partition coefficient (Wildman–Crippen LogP) is 5.91. The normalized spacial score (nSPS) is 19.2. The first kappa shape index (κ1) is 21.9. The summed E-state index contributed by atoms with van der Waals surface area (Å²) >= 11 is 6.25. The number of benzene rings is 1. The van der Waals surface area contributed by atoms with Crippen LogP contribution in [-0.4, -0.2) is 33.7 Å². The molecule has 0 aliphatic heterocycles. The lowest BCUT2D eigenvalue weighted by atomic mass is 9.90. The topological polar surface area (TPSA) is 66.8 Å². The highest BCUT2D eigenvalue weighted by atomic mass is 35.5. The Bertz CT molecular complexity index is 1040. The van der Waals surface area contributed by atoms with E-state index in [0.717, 1.165) is 46.8 Å². The van der Waals surface area contributed by atoms with Crippen LogP contribution < -0.4 is 16.0 Å². The lowest BCUT2D eigenvalue weighted by Gasteiger charge is -2.33. The maximum absolute atomic E-state index is 6.25. The van der Waals surface area contributed by atoms with Crippen molar-refractivity contribution in [2.75, 3.05) is 17.7 Å². The first-order valence-electron chi connectivity index (χ1n) is 11.4. The minimum Gasteiger partial charge on any atom is -0.365 e. The van der Waals surface area contributed by atoms with Crippen molar-refractivity contribution < 1.29 is 0 Å². The summed E-state index contributed by atoms with van der Waals surface area (Å²) < 4.78 is 2.14. The minimum absolute atomic E-state index is 0.275. The van der Waals surface area contributed by atoms with Gasteiger partial charge in [-0.1, -0.05) is 37.4 Å². The summed E-state index contributed by atoms with van der Waals surface area (Å²) in [5.74, 6) is 0.953. The largest absolute Gasteiger partial charge is 0.365 e. The lowest BCUT2D eigenvalue weighted by Crippen LogP contribution is -2.44. The molecule has 0 radical (unpaired) electrons. The summed E-state index contributed by atoms with van der Waals surface area (Å²) in [6.07, 6.45) is 7.60. The van der Waals surface area contributed by atoms with E-state index in [4.69, 9.17) is 21.6 Å². The van der Waals surface area contributed by atoms with Gasteiger partial charge in [-0.05, 0) is 58.4 Å². The molecule has 2 atom stereocenters. The monoisotopic (exact) mass is 440 g/mol. The maximum atomic E-state index is 6.25. The molecule has 1 aliphatic rings. The van der Waals surface area contributed by atoms with Gasteiger partial charge >= 0.3 is 0 Å². The third kappa shape index (κ3) is 4.51. The van der Waals surface area contributed by atoms with Crippen LogP contribution in [0.2, 0.25) is 5.02 Å². The molecule has 2 aromatic heterocycles. The van der Waals surface area contributed by atoms with Gasteiger partial charge in [0.2, 0.25) is 0 Å². The Labute approximate surface area is 189 Å². The Kier molecular flexibility index (Phi) is 6.68. The number of rotatable bonds is 7. The molecule has 6 nitrogen and oxygen atoms in total. The number of hydrogen-bond acceptors (Lipinski definition) is 5. The number of imidazole rings is 1. The molecule has 166 valence electrons. The van der Waals surface area contributed by atoms with Gasteiger partial charge in [0.1, 0.15) is 11.3 Å². The van der Waals surface area contributed by atoms with Crippen molar-refractivity contribution >= 4 is 40.0 Å². The standard InChI is InChI=1S/C24H33ClN6/c1-5-18-21(28-17-10-8-9-16(25)13-17)22-24(31(14-27-22)15(2)3)30-23(18)29-20-12-7-6-11-19(20)26-4/h8-10,13-15,19-20,26H,5-7,11-12H2,1-4H3,(H2,28,29,30)/t19-,20+/m0/s1. The number of halogens is 1. The number of aromatic nitrogens is 3. The van der Waals surface area contributed by atoms with Gasteiger partial charge < -0.3 is 20.5 Å². The van der Waals surface area contributed by atoms with E-state index in [2.05, 4.69) is 48.3 Å². The van der Waals surface area contributed by atoms with Crippen LogP contribution in [0.15, 0.2) is 30.6 Å². The summed E-state index contributed by atoms with van der Waals surface area (Å²) in [7, 11) is 2.06. The summed E-state index contributed by atoms with van der Waals surface area (Å²) in [5, 5.41) is 11.6. The van der Waals surface area contributed by atoms with E-state index in [9.17, 15) is 0 Å². The molecular formula is C24H33ClN6. The fourth-order valence-electron chi connectivity index (χ4n) is 4.59. The number of nitrogens with zero attached hydrogens (tertiary/aromatic N) is 3. The van der Waals surface area contributed by atoms with Crippen molar-refractivity contribution in [2.45, 2.75) is 71.0 Å². The number of fused-ring (bicyclic) bond motifs is 1. The molecule has 0 saturated heterocycles. The van der Waals surface area contributed by atoms with Gasteiger partial charge in [0.25, 0.3) is 0 Å². The molecule has 0 unspecified atom stereocenters. The highest BCUT2D eigenvalue weighted by molar-refractivity contribution is 6.30. The zero-order chi connectivity index (χ0) is 22.0. The Morgan fingerprint density at radius 1 is 1.19 bits per heavy atom. The summed E-state index contributed by atoms with van der Waals surface area (Å²) in [6.45, 7) is 6.49. The minimum atomic E-state index is 0.275. The zero-order valence-electron chi connectivity index (χ0n) is 18.9. The zero-order valence-corrected chi connectivity index (χ0v) is 19.6. The van der Waals surface area contributed by atoms with Crippen molar-refractivity contribution in [3.63, 3.8) is 0 Å². The molecule has 2 heterocycles. The molecule has 3 N–H and O–H groups in total. The first-order chi connectivity index (χ1) is 15.0.